The van der Waals surface area contributed by atoms with Crippen molar-refractivity contribution in [1.82, 2.24) is 0 Å². The first kappa shape index (κ1) is 30.3. The molecule has 176 valence electrons. The topological polar surface area (TPSA) is 89.9 Å². The molecule has 1 N–H and O–H groups in total. The monoisotopic (exact) mass is 428 g/mol. The van der Waals surface area contributed by atoms with Gasteiger partial charge >= 0.3 is 17.9 Å². The molecule has 0 aliphatic rings. The predicted molar refractivity (Wildman–Crippen MR) is 120 cm³/mol. The summed E-state index contributed by atoms with van der Waals surface area (Å²) in [6, 6.07) is 0. The van der Waals surface area contributed by atoms with Crippen LogP contribution in [0.1, 0.15) is 111 Å². The quantitative estimate of drug-likeness (QED) is 0.128. The van der Waals surface area contributed by atoms with Gasteiger partial charge in [-0.3, -0.25) is 4.79 Å². The minimum absolute atomic E-state index is 0.192. The Labute approximate surface area is 183 Å². The van der Waals surface area contributed by atoms with Crippen LogP contribution in [0.3, 0.4) is 0 Å². The summed E-state index contributed by atoms with van der Waals surface area (Å²) in [7, 11) is 0. The van der Waals surface area contributed by atoms with Gasteiger partial charge in [-0.15, -0.1) is 0 Å². The second-order valence-electron chi connectivity index (χ2n) is 7.17. The van der Waals surface area contributed by atoms with Gasteiger partial charge in [0.15, 0.2) is 0 Å². The third-order valence-electron chi connectivity index (χ3n) is 4.37. The molecule has 0 atom stereocenters. The highest BCUT2D eigenvalue weighted by atomic mass is 16.6. The van der Waals surface area contributed by atoms with Crippen LogP contribution in [-0.2, 0) is 23.9 Å². The highest BCUT2D eigenvalue weighted by molar-refractivity contribution is 6.29. The fourth-order valence-electron chi connectivity index (χ4n) is 2.73. The largest absolute Gasteiger partial charge is 0.481 e. The molecule has 0 saturated heterocycles. The Hall–Kier alpha value is -1.85. The molecular formula is C24H44O6. The zero-order valence-corrected chi connectivity index (χ0v) is 19.5. The van der Waals surface area contributed by atoms with Crippen LogP contribution in [0.2, 0.25) is 0 Å². The first-order chi connectivity index (χ1) is 14.5. The van der Waals surface area contributed by atoms with Crippen molar-refractivity contribution in [3.8, 4) is 0 Å². The van der Waals surface area contributed by atoms with E-state index in [1.165, 1.54) is 70.6 Å². The standard InChI is InChI=1S/C18H34O2.C6H10O4/c1-2-3-4-5-6-7-8-9-10-11-12-13-14-15-16-17-18(19)20;1-3-9-5(7)6(8)10-4-2/h9-10H,2-8,11-17H2,1H3,(H,19,20);3-4H2,1-2H3. The molecule has 0 rings (SSSR count). The molecule has 0 aromatic heterocycles. The lowest BCUT2D eigenvalue weighted by molar-refractivity contribution is -0.167. The van der Waals surface area contributed by atoms with Crippen molar-refractivity contribution >= 4 is 17.9 Å². The van der Waals surface area contributed by atoms with Crippen LogP contribution in [0.15, 0.2) is 12.2 Å². The first-order valence-electron chi connectivity index (χ1n) is 11.7. The van der Waals surface area contributed by atoms with Crippen LogP contribution in [0.5, 0.6) is 0 Å². The van der Waals surface area contributed by atoms with Crippen LogP contribution in [0, 0.1) is 0 Å². The van der Waals surface area contributed by atoms with E-state index >= 15 is 0 Å². The van der Waals surface area contributed by atoms with Gasteiger partial charge in [0.05, 0.1) is 13.2 Å². The molecule has 30 heavy (non-hydrogen) atoms. The van der Waals surface area contributed by atoms with Crippen LogP contribution >= 0.6 is 0 Å². The number of esters is 2. The number of unbranched alkanes of at least 4 members (excludes halogenated alkanes) is 11. The Balaban J connectivity index is 0. The van der Waals surface area contributed by atoms with Crippen LogP contribution in [0.25, 0.3) is 0 Å². The van der Waals surface area contributed by atoms with E-state index in [9.17, 15) is 14.4 Å². The number of aliphatic carboxylic acids is 1. The number of rotatable bonds is 17. The Morgan fingerprint density at radius 1 is 0.633 bits per heavy atom. The van der Waals surface area contributed by atoms with Crippen LogP contribution in [-0.4, -0.2) is 36.2 Å². The zero-order valence-electron chi connectivity index (χ0n) is 19.5. The summed E-state index contributed by atoms with van der Waals surface area (Å²) < 4.78 is 8.69. The Morgan fingerprint density at radius 2 is 1.03 bits per heavy atom. The summed E-state index contributed by atoms with van der Waals surface area (Å²) in [6.45, 7) is 5.89. The van der Waals surface area contributed by atoms with Crippen LogP contribution < -0.4 is 0 Å². The van der Waals surface area contributed by atoms with Gasteiger partial charge in [-0.1, -0.05) is 70.4 Å². The molecule has 0 unspecified atom stereocenters. The maximum atomic E-state index is 10.4. The lowest BCUT2D eigenvalue weighted by Crippen LogP contribution is -2.19. The number of hydrogen-bond donors (Lipinski definition) is 1. The van der Waals surface area contributed by atoms with E-state index in [2.05, 4.69) is 28.5 Å². The van der Waals surface area contributed by atoms with E-state index in [-0.39, 0.29) is 13.2 Å². The highest BCUT2D eigenvalue weighted by Crippen LogP contribution is 2.09. The van der Waals surface area contributed by atoms with Crippen molar-refractivity contribution in [3.05, 3.63) is 12.2 Å². The molecule has 0 aliphatic heterocycles. The van der Waals surface area contributed by atoms with Gasteiger partial charge in [0, 0.05) is 6.42 Å². The fourth-order valence-corrected chi connectivity index (χ4v) is 2.73. The highest BCUT2D eigenvalue weighted by Gasteiger charge is 2.14. The van der Waals surface area contributed by atoms with Crippen molar-refractivity contribution in [2.75, 3.05) is 13.2 Å². The van der Waals surface area contributed by atoms with Crippen molar-refractivity contribution < 1.29 is 29.0 Å². The normalized spacial score (nSPS) is 10.4. The van der Waals surface area contributed by atoms with E-state index in [1.54, 1.807) is 13.8 Å². The second kappa shape index (κ2) is 25.2. The maximum absolute atomic E-state index is 10.4. The van der Waals surface area contributed by atoms with Crippen molar-refractivity contribution in [3.63, 3.8) is 0 Å². The second-order valence-corrected chi connectivity index (χ2v) is 7.17. The van der Waals surface area contributed by atoms with Gasteiger partial charge < -0.3 is 14.6 Å². The molecule has 0 aromatic rings. The average Bonchev–Trinajstić information content (AvgIpc) is 2.71. The van der Waals surface area contributed by atoms with Gasteiger partial charge in [0.25, 0.3) is 0 Å². The number of carboxylic acid groups (broad SMARTS) is 1. The molecule has 0 spiro atoms. The fraction of sp³-hybridized carbons (Fsp3) is 0.792. The van der Waals surface area contributed by atoms with E-state index in [0.717, 1.165) is 12.8 Å². The summed E-state index contributed by atoms with van der Waals surface area (Å²) in [5.41, 5.74) is 0. The van der Waals surface area contributed by atoms with Crippen LogP contribution in [0.4, 0.5) is 0 Å². The third-order valence-corrected chi connectivity index (χ3v) is 4.37. The Morgan fingerprint density at radius 3 is 1.43 bits per heavy atom. The molecule has 0 bridgehead atoms. The van der Waals surface area contributed by atoms with Gasteiger partial charge in [-0.05, 0) is 46.0 Å². The van der Waals surface area contributed by atoms with Gasteiger partial charge in [-0.25, -0.2) is 9.59 Å². The number of allylic oxidation sites excluding steroid dienone is 2. The first-order valence-corrected chi connectivity index (χ1v) is 11.7. The number of hydrogen-bond acceptors (Lipinski definition) is 5. The summed E-state index contributed by atoms with van der Waals surface area (Å²) in [6.07, 6.45) is 21.2. The molecule has 6 heteroatoms. The molecule has 0 amide bonds. The summed E-state index contributed by atoms with van der Waals surface area (Å²) in [5, 5.41) is 8.51. The minimum atomic E-state index is -0.927. The average molecular weight is 429 g/mol. The molecule has 6 nitrogen and oxygen atoms in total. The number of ether oxygens (including phenoxy) is 2. The smallest absolute Gasteiger partial charge is 0.417 e. The molecule has 0 heterocycles. The van der Waals surface area contributed by atoms with Crippen molar-refractivity contribution in [2.24, 2.45) is 0 Å². The Bertz CT molecular complexity index is 429. The molecule has 0 aromatic carbocycles. The molecule has 0 aliphatic carbocycles. The molecular weight excluding hydrogens is 384 g/mol. The number of carbonyl (C=O) groups excluding carboxylic acids is 2. The molecule has 0 fully saturated rings. The molecule has 0 saturated carbocycles. The third kappa shape index (κ3) is 26.1. The lowest BCUT2D eigenvalue weighted by atomic mass is 10.1. The lowest BCUT2D eigenvalue weighted by Gasteiger charge is -1.99. The number of carbonyl (C=O) groups is 3. The van der Waals surface area contributed by atoms with E-state index in [0.29, 0.717) is 6.42 Å². The zero-order chi connectivity index (χ0) is 22.9. The van der Waals surface area contributed by atoms with Gasteiger partial charge in [0.2, 0.25) is 0 Å². The van der Waals surface area contributed by atoms with Crippen molar-refractivity contribution in [2.45, 2.75) is 111 Å². The summed E-state index contributed by atoms with van der Waals surface area (Å²) in [4.78, 5) is 31.2. The summed E-state index contributed by atoms with van der Waals surface area (Å²) in [5.74, 6) is -2.52. The number of carboxylic acids is 1. The maximum Gasteiger partial charge on any atom is 0.417 e. The van der Waals surface area contributed by atoms with E-state index < -0.39 is 17.9 Å². The predicted octanol–water partition coefficient (Wildman–Crippen LogP) is 6.22. The SMILES string of the molecule is CCCCCCCCC=CCCCCCCCC(=O)O.CCOC(=O)C(=O)OCC. The van der Waals surface area contributed by atoms with Gasteiger partial charge in [0.1, 0.15) is 0 Å². The molecule has 0 radical (unpaired) electrons. The van der Waals surface area contributed by atoms with E-state index in [4.69, 9.17) is 5.11 Å². The van der Waals surface area contributed by atoms with E-state index in [1.807, 2.05) is 0 Å². The summed E-state index contributed by atoms with van der Waals surface area (Å²) >= 11 is 0. The minimum Gasteiger partial charge on any atom is -0.481 e. The van der Waals surface area contributed by atoms with Crippen molar-refractivity contribution in [1.29, 1.82) is 0 Å². The van der Waals surface area contributed by atoms with Gasteiger partial charge in [-0.2, -0.15) is 0 Å². The Kier molecular flexibility index (Phi) is 25.5.